The number of ether oxygens (including phenoxy) is 1. The third-order valence-corrected chi connectivity index (χ3v) is 4.24. The van der Waals surface area contributed by atoms with Crippen molar-refractivity contribution in [3.63, 3.8) is 0 Å². The Bertz CT molecular complexity index is 623. The summed E-state index contributed by atoms with van der Waals surface area (Å²) in [5.41, 5.74) is 1.67. The molecular formula is C17H18ClFN2O. The van der Waals surface area contributed by atoms with Crippen LogP contribution in [0.4, 0.5) is 4.39 Å². The van der Waals surface area contributed by atoms with Crippen molar-refractivity contribution in [1.29, 1.82) is 0 Å². The molecule has 0 amide bonds. The lowest BCUT2D eigenvalue weighted by molar-refractivity contribution is -0.0113. The van der Waals surface area contributed by atoms with E-state index in [-0.39, 0.29) is 23.0 Å². The first-order valence-corrected chi connectivity index (χ1v) is 7.81. The predicted octanol–water partition coefficient (Wildman–Crippen LogP) is 3.88. The SMILES string of the molecule is Fc1c(Cl)cccc1CN[C@H]1CCCO[C@@H]1c1ccncc1. The van der Waals surface area contributed by atoms with E-state index < -0.39 is 0 Å². The summed E-state index contributed by atoms with van der Waals surface area (Å²) in [7, 11) is 0. The van der Waals surface area contributed by atoms with E-state index in [0.717, 1.165) is 25.0 Å². The van der Waals surface area contributed by atoms with Gasteiger partial charge in [0.25, 0.3) is 0 Å². The van der Waals surface area contributed by atoms with Gasteiger partial charge in [0.2, 0.25) is 0 Å². The van der Waals surface area contributed by atoms with Crippen LogP contribution in [0.1, 0.15) is 30.1 Å². The summed E-state index contributed by atoms with van der Waals surface area (Å²) in [6, 6.07) is 9.15. The summed E-state index contributed by atoms with van der Waals surface area (Å²) in [5.74, 6) is -0.353. The monoisotopic (exact) mass is 320 g/mol. The average molecular weight is 321 g/mol. The molecule has 1 aromatic carbocycles. The zero-order chi connectivity index (χ0) is 15.4. The highest BCUT2D eigenvalue weighted by molar-refractivity contribution is 6.30. The van der Waals surface area contributed by atoms with Gasteiger partial charge in [0.05, 0.1) is 11.1 Å². The first kappa shape index (κ1) is 15.4. The van der Waals surface area contributed by atoms with Crippen molar-refractivity contribution in [2.75, 3.05) is 6.61 Å². The standard InChI is InChI=1S/C17H18ClFN2O/c18-14-4-1-3-13(16(14)19)11-21-15-5-2-10-22-17(15)12-6-8-20-9-7-12/h1,3-4,6-9,15,17,21H,2,5,10-11H2/t15-,17+/m0/s1. The number of aromatic nitrogens is 1. The number of halogens is 2. The third kappa shape index (κ3) is 3.46. The maximum atomic E-state index is 14.0. The normalized spacial score (nSPS) is 21.7. The van der Waals surface area contributed by atoms with E-state index in [9.17, 15) is 4.39 Å². The number of hydrogen-bond acceptors (Lipinski definition) is 3. The molecule has 1 aliphatic rings. The summed E-state index contributed by atoms with van der Waals surface area (Å²) in [6.45, 7) is 1.18. The van der Waals surface area contributed by atoms with E-state index in [2.05, 4.69) is 10.3 Å². The predicted molar refractivity (Wildman–Crippen MR) is 84.2 cm³/mol. The van der Waals surface area contributed by atoms with Gasteiger partial charge in [0, 0.05) is 37.2 Å². The maximum Gasteiger partial charge on any atom is 0.146 e. The van der Waals surface area contributed by atoms with Gasteiger partial charge in [-0.2, -0.15) is 0 Å². The van der Waals surface area contributed by atoms with Gasteiger partial charge in [-0.3, -0.25) is 4.98 Å². The minimum absolute atomic E-state index is 0.0287. The molecule has 1 fully saturated rings. The Morgan fingerprint density at radius 1 is 1.27 bits per heavy atom. The number of benzene rings is 1. The van der Waals surface area contributed by atoms with Gasteiger partial charge in [0.15, 0.2) is 0 Å². The Hall–Kier alpha value is -1.49. The number of pyridine rings is 1. The number of nitrogens with one attached hydrogen (secondary N) is 1. The Balaban J connectivity index is 1.71. The average Bonchev–Trinajstić information content (AvgIpc) is 2.57. The van der Waals surface area contributed by atoms with E-state index in [1.807, 2.05) is 12.1 Å². The first-order chi connectivity index (χ1) is 10.8. The highest BCUT2D eigenvalue weighted by atomic mass is 35.5. The Morgan fingerprint density at radius 2 is 2.09 bits per heavy atom. The van der Waals surface area contributed by atoms with Crippen molar-refractivity contribution < 1.29 is 9.13 Å². The summed E-state index contributed by atoms with van der Waals surface area (Å²) in [6.07, 6.45) is 5.49. The zero-order valence-electron chi connectivity index (χ0n) is 12.1. The molecule has 3 rings (SSSR count). The van der Waals surface area contributed by atoms with E-state index in [0.29, 0.717) is 12.1 Å². The van der Waals surface area contributed by atoms with Crippen molar-refractivity contribution in [2.24, 2.45) is 0 Å². The van der Waals surface area contributed by atoms with E-state index >= 15 is 0 Å². The van der Waals surface area contributed by atoms with Crippen molar-refractivity contribution in [2.45, 2.75) is 31.5 Å². The summed E-state index contributed by atoms with van der Waals surface area (Å²) >= 11 is 5.83. The highest BCUT2D eigenvalue weighted by Crippen LogP contribution is 2.28. The van der Waals surface area contributed by atoms with Crippen LogP contribution < -0.4 is 5.32 Å². The minimum Gasteiger partial charge on any atom is -0.372 e. The maximum absolute atomic E-state index is 14.0. The highest BCUT2D eigenvalue weighted by Gasteiger charge is 2.27. The van der Waals surface area contributed by atoms with Crippen LogP contribution in [0.5, 0.6) is 0 Å². The molecule has 0 radical (unpaired) electrons. The molecule has 0 bridgehead atoms. The summed E-state index contributed by atoms with van der Waals surface area (Å²) < 4.78 is 19.9. The molecule has 2 aromatic rings. The third-order valence-electron chi connectivity index (χ3n) is 3.94. The largest absolute Gasteiger partial charge is 0.372 e. The molecule has 1 N–H and O–H groups in total. The molecule has 1 saturated heterocycles. The van der Waals surface area contributed by atoms with Crippen molar-refractivity contribution in [3.05, 3.63) is 64.7 Å². The molecule has 2 atom stereocenters. The lowest BCUT2D eigenvalue weighted by Gasteiger charge is -2.33. The van der Waals surface area contributed by atoms with Crippen LogP contribution in [-0.2, 0) is 11.3 Å². The molecule has 0 saturated carbocycles. The number of rotatable bonds is 4. The molecule has 5 heteroatoms. The van der Waals surface area contributed by atoms with Crippen LogP contribution in [-0.4, -0.2) is 17.6 Å². The van der Waals surface area contributed by atoms with Crippen LogP contribution >= 0.6 is 11.6 Å². The fourth-order valence-electron chi connectivity index (χ4n) is 2.80. The van der Waals surface area contributed by atoms with Crippen LogP contribution in [0, 0.1) is 5.82 Å². The fourth-order valence-corrected chi connectivity index (χ4v) is 2.99. The van der Waals surface area contributed by atoms with Crippen LogP contribution in [0.3, 0.4) is 0 Å². The van der Waals surface area contributed by atoms with Gasteiger partial charge in [-0.25, -0.2) is 4.39 Å². The van der Waals surface area contributed by atoms with Crippen molar-refractivity contribution in [3.8, 4) is 0 Å². The number of hydrogen-bond donors (Lipinski definition) is 1. The molecule has 0 spiro atoms. The fraction of sp³-hybridized carbons (Fsp3) is 0.353. The smallest absolute Gasteiger partial charge is 0.146 e. The molecule has 2 heterocycles. The summed E-state index contributed by atoms with van der Waals surface area (Å²) in [5, 5.41) is 3.57. The Morgan fingerprint density at radius 3 is 2.91 bits per heavy atom. The van der Waals surface area contributed by atoms with Gasteiger partial charge in [-0.15, -0.1) is 0 Å². The minimum atomic E-state index is -0.353. The van der Waals surface area contributed by atoms with Gasteiger partial charge in [-0.1, -0.05) is 23.7 Å². The first-order valence-electron chi connectivity index (χ1n) is 7.43. The lowest BCUT2D eigenvalue weighted by Crippen LogP contribution is -2.39. The number of nitrogens with zero attached hydrogens (tertiary/aromatic N) is 1. The van der Waals surface area contributed by atoms with E-state index in [1.54, 1.807) is 30.6 Å². The molecule has 22 heavy (non-hydrogen) atoms. The van der Waals surface area contributed by atoms with Crippen molar-refractivity contribution >= 4 is 11.6 Å². The molecule has 1 aliphatic heterocycles. The lowest BCUT2D eigenvalue weighted by atomic mass is 9.96. The van der Waals surface area contributed by atoms with E-state index in [4.69, 9.17) is 16.3 Å². The van der Waals surface area contributed by atoms with Crippen molar-refractivity contribution in [1.82, 2.24) is 10.3 Å². The second-order valence-corrected chi connectivity index (χ2v) is 5.82. The topological polar surface area (TPSA) is 34.1 Å². The molecule has 0 unspecified atom stereocenters. The van der Waals surface area contributed by atoms with Gasteiger partial charge < -0.3 is 10.1 Å². The van der Waals surface area contributed by atoms with Gasteiger partial charge >= 0.3 is 0 Å². The quantitative estimate of drug-likeness (QED) is 0.928. The van der Waals surface area contributed by atoms with Gasteiger partial charge in [0.1, 0.15) is 5.82 Å². The Kier molecular flexibility index (Phi) is 5.03. The Labute approximate surface area is 134 Å². The van der Waals surface area contributed by atoms with Crippen LogP contribution in [0.15, 0.2) is 42.7 Å². The zero-order valence-corrected chi connectivity index (χ0v) is 12.9. The van der Waals surface area contributed by atoms with Gasteiger partial charge in [-0.05, 0) is 36.6 Å². The second-order valence-electron chi connectivity index (χ2n) is 5.41. The van der Waals surface area contributed by atoms with Crippen LogP contribution in [0.25, 0.3) is 0 Å². The summed E-state index contributed by atoms with van der Waals surface area (Å²) in [4.78, 5) is 4.04. The molecule has 116 valence electrons. The molecule has 1 aromatic heterocycles. The molecular weight excluding hydrogens is 303 g/mol. The van der Waals surface area contributed by atoms with E-state index in [1.165, 1.54) is 0 Å². The van der Waals surface area contributed by atoms with Crippen LogP contribution in [0.2, 0.25) is 5.02 Å². The second kappa shape index (κ2) is 7.18. The molecule has 0 aliphatic carbocycles. The molecule has 3 nitrogen and oxygen atoms in total.